The number of benzene rings is 2. The zero-order valence-electron chi connectivity index (χ0n) is 18.1. The number of fused-ring (bicyclic) bond motifs is 1. The molecule has 34 heavy (non-hydrogen) atoms. The fraction of sp³-hybridized carbons (Fsp3) is 0.263. The summed E-state index contributed by atoms with van der Waals surface area (Å²) in [7, 11) is -1.70. The Morgan fingerprint density at radius 1 is 1.35 bits per heavy atom. The first-order valence-corrected chi connectivity index (χ1v) is 12.4. The van der Waals surface area contributed by atoms with E-state index in [9.17, 15) is 9.42 Å². The van der Waals surface area contributed by atoms with E-state index in [1.807, 2.05) is 18.2 Å². The number of imidazole rings is 1. The number of rotatable bonds is 9. The number of hydrogen-bond donors (Lipinski definition) is 9. The van der Waals surface area contributed by atoms with Crippen LogP contribution in [0.25, 0.3) is 22.2 Å². The van der Waals surface area contributed by atoms with Gasteiger partial charge in [-0.2, -0.15) is 4.47 Å². The molecule has 182 valence electrons. The van der Waals surface area contributed by atoms with Gasteiger partial charge < -0.3 is 21.8 Å². The Bertz CT molecular complexity index is 1230. The Morgan fingerprint density at radius 2 is 2.18 bits per heavy atom. The maximum Gasteiger partial charge on any atom is 0.198 e. The first-order valence-electron chi connectivity index (χ1n) is 10.4. The first-order chi connectivity index (χ1) is 16.4. The summed E-state index contributed by atoms with van der Waals surface area (Å²) >= 11 is 0.524. The number of aromatic amines is 1. The molecule has 0 spiro atoms. The largest absolute Gasteiger partial charge is 0.382 e. The van der Waals surface area contributed by atoms with Crippen LogP contribution < -0.4 is 42.5 Å². The quantitative estimate of drug-likeness (QED) is 0.0617. The number of aromatic nitrogens is 2. The number of nitrogens with two attached hydrogens (primary N) is 4. The monoisotopic (exact) mass is 505 g/mol. The minimum Gasteiger partial charge on any atom is -0.382 e. The van der Waals surface area contributed by atoms with Crippen LogP contribution in [0.3, 0.4) is 0 Å². The Morgan fingerprint density at radius 3 is 2.88 bits per heavy atom. The predicted octanol–water partition coefficient (Wildman–Crippen LogP) is -0.0226. The third kappa shape index (κ3) is 4.80. The van der Waals surface area contributed by atoms with E-state index < -0.39 is 11.0 Å². The summed E-state index contributed by atoms with van der Waals surface area (Å²) in [6.07, 6.45) is 2.06. The lowest BCUT2D eigenvalue weighted by atomic mass is 9.96. The van der Waals surface area contributed by atoms with Crippen LogP contribution in [0.2, 0.25) is 0 Å². The van der Waals surface area contributed by atoms with Gasteiger partial charge in [0.15, 0.2) is 11.8 Å². The molecule has 0 saturated carbocycles. The van der Waals surface area contributed by atoms with Crippen LogP contribution in [-0.4, -0.2) is 44.4 Å². The lowest BCUT2D eigenvalue weighted by Gasteiger charge is -2.23. The van der Waals surface area contributed by atoms with Gasteiger partial charge in [-0.25, -0.2) is 25.3 Å². The number of nitrogens with one attached hydrogen (secondary N) is 4. The molecule has 13 N–H and O–H groups in total. The van der Waals surface area contributed by atoms with E-state index in [0.29, 0.717) is 45.3 Å². The van der Waals surface area contributed by atoms with Crippen molar-refractivity contribution < 1.29 is 9.42 Å². The Hall–Kier alpha value is -2.92. The van der Waals surface area contributed by atoms with E-state index in [0.717, 1.165) is 19.4 Å². The van der Waals surface area contributed by atoms with Crippen LogP contribution >= 0.6 is 12.1 Å². The third-order valence-corrected chi connectivity index (χ3v) is 7.06. The highest BCUT2D eigenvalue weighted by molar-refractivity contribution is 7.98. The summed E-state index contributed by atoms with van der Waals surface area (Å²) < 4.78 is 17.0. The number of para-hydroxylation sites is 1. The molecule has 1 aromatic heterocycles. The third-order valence-electron chi connectivity index (χ3n) is 5.52. The molecule has 3 aromatic rings. The summed E-state index contributed by atoms with van der Waals surface area (Å²) in [6.45, 7) is 1.42. The molecule has 0 aliphatic carbocycles. The first kappa shape index (κ1) is 24.2. The van der Waals surface area contributed by atoms with Crippen LogP contribution in [-0.2, 0) is 11.0 Å². The van der Waals surface area contributed by atoms with Gasteiger partial charge in [0.25, 0.3) is 0 Å². The number of hydrogen-bond acceptors (Lipinski definition) is 11. The molecule has 0 radical (unpaired) electrons. The lowest BCUT2D eigenvalue weighted by Crippen LogP contribution is -2.35. The normalized spacial score (nSPS) is 17.3. The molecule has 2 aromatic carbocycles. The molecule has 15 heteroatoms. The second-order valence-corrected chi connectivity index (χ2v) is 9.40. The maximum atomic E-state index is 13.3. The molecule has 0 amide bonds. The summed E-state index contributed by atoms with van der Waals surface area (Å²) in [6, 6.07) is 9.07. The summed E-state index contributed by atoms with van der Waals surface area (Å²) in [4.78, 5) is 7.63. The van der Waals surface area contributed by atoms with Gasteiger partial charge in [0.05, 0.1) is 33.6 Å². The van der Waals surface area contributed by atoms with Crippen LogP contribution in [0.1, 0.15) is 18.4 Å². The molecule has 13 nitrogen and oxygen atoms in total. The Kier molecular flexibility index (Phi) is 7.52. The standard InChI is InChI=1S/C19H27N11O2S2/c20-18(28-29-22)15-11(12-4-1-5-13-16(12)27-19(21)26-13)6-7-14(17(15)30(31)33-23)34(32)25-9-10-3-2-8-24-10/h1,4-7,10,24-25,29,31H,2-3,8-9,22-23H2,(H2,20,28)(H3,21,26,27). The zero-order chi connectivity index (χ0) is 24.2. The maximum absolute atomic E-state index is 13.3. The van der Waals surface area contributed by atoms with Crippen molar-refractivity contribution in [2.24, 2.45) is 21.8 Å². The molecular weight excluding hydrogens is 478 g/mol. The van der Waals surface area contributed by atoms with Gasteiger partial charge in [0, 0.05) is 18.2 Å². The molecule has 1 aliphatic rings. The summed E-state index contributed by atoms with van der Waals surface area (Å²) in [5, 5.41) is 23.6. The van der Waals surface area contributed by atoms with E-state index in [-0.39, 0.29) is 34.0 Å². The van der Waals surface area contributed by atoms with E-state index in [1.165, 1.54) is 0 Å². The van der Waals surface area contributed by atoms with Gasteiger partial charge in [-0.1, -0.05) is 18.2 Å². The molecule has 1 fully saturated rings. The highest BCUT2D eigenvalue weighted by Crippen LogP contribution is 2.39. The van der Waals surface area contributed by atoms with Crippen LogP contribution in [0.5, 0.6) is 0 Å². The van der Waals surface area contributed by atoms with Crippen LogP contribution in [0, 0.1) is 0 Å². The highest BCUT2D eigenvalue weighted by atomic mass is 32.2. The van der Waals surface area contributed by atoms with Gasteiger partial charge in [-0.05, 0) is 37.1 Å². The molecule has 2 atom stereocenters. The number of hydrazone groups is 1. The Balaban J connectivity index is 1.88. The molecular formula is C19H27N11O2S2. The number of amidine groups is 1. The van der Waals surface area contributed by atoms with E-state index in [2.05, 4.69) is 30.6 Å². The molecule has 0 bridgehead atoms. The number of anilines is 2. The van der Waals surface area contributed by atoms with Gasteiger partial charge in [-0.3, -0.25) is 10.3 Å². The smallest absolute Gasteiger partial charge is 0.198 e. The average molecular weight is 506 g/mol. The molecule has 1 saturated heterocycles. The van der Waals surface area contributed by atoms with Crippen molar-refractivity contribution in [1.29, 1.82) is 0 Å². The fourth-order valence-corrected chi connectivity index (χ4v) is 5.44. The van der Waals surface area contributed by atoms with Crippen molar-refractivity contribution in [1.82, 2.24) is 25.5 Å². The predicted molar refractivity (Wildman–Crippen MR) is 135 cm³/mol. The molecule has 2 heterocycles. The zero-order valence-corrected chi connectivity index (χ0v) is 19.7. The second-order valence-electron chi connectivity index (χ2n) is 7.57. The van der Waals surface area contributed by atoms with E-state index in [4.69, 9.17) is 22.4 Å². The number of nitrogens with zero attached hydrogens (tertiary/aromatic N) is 3. The molecule has 2 unspecified atom stereocenters. The van der Waals surface area contributed by atoms with Gasteiger partial charge in [0.1, 0.15) is 16.7 Å². The van der Waals surface area contributed by atoms with E-state index >= 15 is 0 Å². The molecule has 4 rings (SSSR count). The minimum absolute atomic E-state index is 0.0579. The van der Waals surface area contributed by atoms with Crippen LogP contribution in [0.15, 0.2) is 40.3 Å². The van der Waals surface area contributed by atoms with Gasteiger partial charge in [-0.15, -0.1) is 5.10 Å². The van der Waals surface area contributed by atoms with Gasteiger partial charge >= 0.3 is 0 Å². The second kappa shape index (κ2) is 10.6. The van der Waals surface area contributed by atoms with Crippen molar-refractivity contribution in [3.63, 3.8) is 0 Å². The topological polar surface area (TPSA) is 222 Å². The SMILES string of the molecule is NN/N=C(\N)c1c(-c2cccc3[nH]c(N)nc23)ccc(S(=O)NCC2CCCN2)c1N(O)SN. The summed E-state index contributed by atoms with van der Waals surface area (Å²) in [5.74, 6) is 5.58. The highest BCUT2D eigenvalue weighted by Gasteiger charge is 2.27. The fourth-order valence-electron chi connectivity index (χ4n) is 4.03. The van der Waals surface area contributed by atoms with Gasteiger partial charge in [0.2, 0.25) is 0 Å². The molecule has 1 aliphatic heterocycles. The van der Waals surface area contributed by atoms with Crippen molar-refractivity contribution in [3.05, 3.63) is 35.9 Å². The Labute approximate surface area is 202 Å². The number of H-pyrrole nitrogens is 1. The number of nitrogen functional groups attached to an aromatic ring is 1. The minimum atomic E-state index is -1.70. The lowest BCUT2D eigenvalue weighted by molar-refractivity contribution is 0.330. The average Bonchev–Trinajstić information content (AvgIpc) is 3.49. The number of hydrazine groups is 1. The van der Waals surface area contributed by atoms with E-state index in [1.54, 1.807) is 12.1 Å². The van der Waals surface area contributed by atoms with Crippen molar-refractivity contribution >= 4 is 51.6 Å². The van der Waals surface area contributed by atoms with Crippen LogP contribution in [0.4, 0.5) is 11.6 Å². The summed E-state index contributed by atoms with van der Waals surface area (Å²) in [5.41, 5.74) is 17.2. The van der Waals surface area contributed by atoms with Crippen molar-refractivity contribution in [3.8, 4) is 11.1 Å². The van der Waals surface area contributed by atoms with Crippen molar-refractivity contribution in [2.75, 3.05) is 23.3 Å². The van der Waals surface area contributed by atoms with Crippen molar-refractivity contribution in [2.45, 2.75) is 23.8 Å².